The van der Waals surface area contributed by atoms with Crippen LogP contribution in [0.5, 0.6) is 5.75 Å². The van der Waals surface area contributed by atoms with Crippen LogP contribution in [-0.2, 0) is 22.2 Å². The number of hydrogen-bond acceptors (Lipinski definition) is 7. The maximum absolute atomic E-state index is 15.2. The fourth-order valence-corrected chi connectivity index (χ4v) is 6.30. The molecule has 0 bridgehead atoms. The molecule has 1 N–H and O–H groups in total. The molecule has 1 unspecified atom stereocenters. The number of thiazole rings is 1. The van der Waals surface area contributed by atoms with Gasteiger partial charge in [-0.25, -0.2) is 27.5 Å². The number of ether oxygens (including phenoxy) is 2. The molecule has 12 heteroatoms. The maximum Gasteiger partial charge on any atom is 0.357 e. The van der Waals surface area contributed by atoms with Crippen LogP contribution in [0, 0.1) is 11.6 Å². The number of aromatic nitrogens is 3. The largest absolute Gasteiger partial charge is 0.497 e. The molecular formula is C32H27F2N3O5S2. The summed E-state index contributed by atoms with van der Waals surface area (Å²) in [4.78, 5) is 16.6. The minimum absolute atomic E-state index is 0.147. The third-order valence-electron chi connectivity index (χ3n) is 7.33. The monoisotopic (exact) mass is 635 g/mol. The zero-order valence-electron chi connectivity index (χ0n) is 23.8. The second-order valence-corrected chi connectivity index (χ2v) is 12.0. The van der Waals surface area contributed by atoms with E-state index in [-0.39, 0.29) is 29.5 Å². The average molecular weight is 636 g/mol. The number of carbonyl (C=O) groups excluding carboxylic acids is 1. The van der Waals surface area contributed by atoms with Crippen LogP contribution in [0.3, 0.4) is 0 Å². The summed E-state index contributed by atoms with van der Waals surface area (Å²) in [6.07, 6.45) is 2.06. The van der Waals surface area contributed by atoms with Crippen LogP contribution in [-0.4, -0.2) is 43.2 Å². The number of hydrogen-bond donors (Lipinski definition) is 1. The highest BCUT2D eigenvalue weighted by Gasteiger charge is 2.34. The zero-order chi connectivity index (χ0) is 31.0. The fraction of sp³-hybridized carbons (Fsp3) is 0.219. The van der Waals surface area contributed by atoms with Gasteiger partial charge in [-0.05, 0) is 73.4 Å². The van der Waals surface area contributed by atoms with Crippen molar-refractivity contribution in [3.63, 3.8) is 0 Å². The van der Waals surface area contributed by atoms with E-state index in [0.717, 1.165) is 24.1 Å². The Bertz CT molecular complexity index is 1900. The van der Waals surface area contributed by atoms with E-state index >= 15 is 4.39 Å². The van der Waals surface area contributed by atoms with Gasteiger partial charge >= 0.3 is 5.97 Å². The van der Waals surface area contributed by atoms with Gasteiger partial charge < -0.3 is 14.0 Å². The van der Waals surface area contributed by atoms with Gasteiger partial charge in [-0.2, -0.15) is 5.10 Å². The Hall–Kier alpha value is -4.26. The lowest BCUT2D eigenvalue weighted by atomic mass is 9.95. The first-order valence-electron chi connectivity index (χ1n) is 13.9. The van der Waals surface area contributed by atoms with Crippen LogP contribution >= 0.6 is 11.3 Å². The number of rotatable bonds is 10. The van der Waals surface area contributed by atoms with Crippen LogP contribution in [0.1, 0.15) is 53.0 Å². The van der Waals surface area contributed by atoms with E-state index in [1.807, 2.05) is 0 Å². The highest BCUT2D eigenvalue weighted by molar-refractivity contribution is 7.79. The van der Waals surface area contributed by atoms with Crippen LogP contribution in [0.15, 0.2) is 70.9 Å². The van der Waals surface area contributed by atoms with Gasteiger partial charge in [0, 0.05) is 34.4 Å². The average Bonchev–Trinajstić information content (AvgIpc) is 3.60. The van der Waals surface area contributed by atoms with Gasteiger partial charge in [0.2, 0.25) is 5.13 Å². The van der Waals surface area contributed by atoms with Crippen molar-refractivity contribution in [1.29, 1.82) is 0 Å². The van der Waals surface area contributed by atoms with Crippen molar-refractivity contribution in [2.75, 3.05) is 13.7 Å². The standard InChI is InChI=1S/C32H27F2N3O5S2/c1-3-42-31(38)27-17-43-32(35-27)37-30(19-8-9-19)24(13-18-7-12-28(44(39)40)26(34)14-18)29(36-37)21-10-11-25(33)23(16-21)20-5-4-6-22(15-20)41-2/h4-7,10-12,14-17,19H,3,8-9,13H2,1-2H3,(H,39,40). The predicted octanol–water partition coefficient (Wildman–Crippen LogP) is 7.18. The summed E-state index contributed by atoms with van der Waals surface area (Å²) in [6.45, 7) is 1.94. The highest BCUT2D eigenvalue weighted by atomic mass is 32.2. The molecule has 2 aromatic heterocycles. The Morgan fingerprint density at radius 1 is 1.09 bits per heavy atom. The van der Waals surface area contributed by atoms with E-state index in [9.17, 15) is 17.9 Å². The number of halogens is 2. The SMILES string of the molecule is CCOC(=O)c1csc(-n2nc(-c3ccc(F)c(-c4cccc(OC)c4)c3)c(Cc3ccc(S(=O)O)c(F)c3)c2C2CC2)n1. The summed E-state index contributed by atoms with van der Waals surface area (Å²) in [6, 6.07) is 16.0. The molecule has 6 rings (SSSR count). The van der Waals surface area contributed by atoms with Gasteiger partial charge in [0.25, 0.3) is 0 Å². The van der Waals surface area contributed by atoms with Crippen molar-refractivity contribution in [2.24, 2.45) is 0 Å². The third-order valence-corrected chi connectivity index (χ3v) is 8.85. The smallest absolute Gasteiger partial charge is 0.357 e. The minimum atomic E-state index is -2.46. The maximum atomic E-state index is 15.2. The quantitative estimate of drug-likeness (QED) is 0.128. The number of nitrogens with zero attached hydrogens (tertiary/aromatic N) is 3. The molecule has 1 saturated carbocycles. The molecule has 0 aliphatic heterocycles. The molecule has 5 aromatic rings. The molecule has 0 amide bonds. The van der Waals surface area contributed by atoms with E-state index in [2.05, 4.69) is 4.98 Å². The van der Waals surface area contributed by atoms with E-state index in [0.29, 0.717) is 38.8 Å². The Morgan fingerprint density at radius 2 is 1.91 bits per heavy atom. The summed E-state index contributed by atoms with van der Waals surface area (Å²) < 4.78 is 63.1. The lowest BCUT2D eigenvalue weighted by molar-refractivity contribution is 0.0520. The van der Waals surface area contributed by atoms with Crippen molar-refractivity contribution >= 4 is 28.4 Å². The van der Waals surface area contributed by atoms with E-state index in [1.165, 1.54) is 29.5 Å². The van der Waals surface area contributed by atoms with E-state index in [1.54, 1.807) is 66.6 Å². The first kappa shape index (κ1) is 29.8. The normalized spacial score (nSPS) is 13.6. The van der Waals surface area contributed by atoms with Crippen molar-refractivity contribution in [3.8, 4) is 33.3 Å². The molecule has 2 heterocycles. The van der Waals surface area contributed by atoms with Crippen LogP contribution in [0.4, 0.5) is 8.78 Å². The number of methoxy groups -OCH3 is 1. The number of benzene rings is 3. The van der Waals surface area contributed by atoms with Crippen LogP contribution in [0.2, 0.25) is 0 Å². The Morgan fingerprint density at radius 3 is 2.61 bits per heavy atom. The molecule has 1 aliphatic rings. The molecule has 1 aliphatic carbocycles. The summed E-state index contributed by atoms with van der Waals surface area (Å²) in [7, 11) is 1.55. The van der Waals surface area contributed by atoms with Crippen molar-refractivity contribution < 1.29 is 31.8 Å². The minimum Gasteiger partial charge on any atom is -0.497 e. The molecule has 1 atom stereocenters. The fourth-order valence-electron chi connectivity index (χ4n) is 5.14. The molecule has 226 valence electrons. The predicted molar refractivity (Wildman–Crippen MR) is 163 cm³/mol. The van der Waals surface area contributed by atoms with Crippen molar-refractivity contribution in [2.45, 2.75) is 37.0 Å². The Kier molecular flexibility index (Phi) is 8.39. The molecule has 0 spiro atoms. The van der Waals surface area contributed by atoms with E-state index < -0.39 is 28.7 Å². The highest BCUT2D eigenvalue weighted by Crippen LogP contribution is 2.46. The van der Waals surface area contributed by atoms with Gasteiger partial charge in [0.15, 0.2) is 16.8 Å². The molecule has 44 heavy (non-hydrogen) atoms. The van der Waals surface area contributed by atoms with Crippen LogP contribution in [0.25, 0.3) is 27.5 Å². The van der Waals surface area contributed by atoms with Gasteiger partial charge in [0.1, 0.15) is 22.3 Å². The molecule has 0 saturated heterocycles. The topological polar surface area (TPSA) is 104 Å². The number of carbonyl (C=O) groups is 1. The second kappa shape index (κ2) is 12.4. The first-order chi connectivity index (χ1) is 21.3. The number of esters is 1. The lowest BCUT2D eigenvalue weighted by Crippen LogP contribution is -2.07. The van der Waals surface area contributed by atoms with Crippen molar-refractivity contribution in [3.05, 3.63) is 100 Å². The van der Waals surface area contributed by atoms with Gasteiger partial charge in [0.05, 0.1) is 25.1 Å². The summed E-state index contributed by atoms with van der Waals surface area (Å²) in [5.74, 6) is -1.00. The zero-order valence-corrected chi connectivity index (χ0v) is 25.4. The lowest BCUT2D eigenvalue weighted by Gasteiger charge is -2.11. The van der Waals surface area contributed by atoms with Crippen LogP contribution < -0.4 is 4.74 Å². The van der Waals surface area contributed by atoms with Crippen molar-refractivity contribution in [1.82, 2.24) is 14.8 Å². The van der Waals surface area contributed by atoms with Gasteiger partial charge in [-0.15, -0.1) is 11.3 Å². The Balaban J connectivity index is 1.52. The first-order valence-corrected chi connectivity index (χ1v) is 15.8. The molecule has 0 radical (unpaired) electrons. The molecule has 1 fully saturated rings. The van der Waals surface area contributed by atoms with E-state index in [4.69, 9.17) is 14.6 Å². The molecule has 3 aromatic carbocycles. The van der Waals surface area contributed by atoms with Gasteiger partial charge in [-0.3, -0.25) is 0 Å². The molecule has 8 nitrogen and oxygen atoms in total. The Labute approximate surface area is 258 Å². The van der Waals surface area contributed by atoms with Gasteiger partial charge in [-0.1, -0.05) is 18.2 Å². The summed E-state index contributed by atoms with van der Waals surface area (Å²) >= 11 is -1.21. The summed E-state index contributed by atoms with van der Waals surface area (Å²) in [5.41, 5.74) is 4.57. The summed E-state index contributed by atoms with van der Waals surface area (Å²) in [5, 5.41) is 7.06. The second-order valence-electron chi connectivity index (χ2n) is 10.3. The molecular weight excluding hydrogens is 608 g/mol. The third kappa shape index (κ3) is 5.92.